The van der Waals surface area contributed by atoms with E-state index < -0.39 is 0 Å². The Morgan fingerprint density at radius 2 is 1.90 bits per heavy atom. The van der Waals surface area contributed by atoms with Crippen LogP contribution in [0.3, 0.4) is 0 Å². The largest absolute Gasteiger partial charge is 0.368 e. The van der Waals surface area contributed by atoms with Gasteiger partial charge in [-0.05, 0) is 51.9 Å². The van der Waals surface area contributed by atoms with E-state index in [0.29, 0.717) is 12.1 Å². The van der Waals surface area contributed by atoms with E-state index in [9.17, 15) is 0 Å². The first kappa shape index (κ1) is 15.6. The van der Waals surface area contributed by atoms with Crippen molar-refractivity contribution in [3.63, 3.8) is 0 Å². The topological polar surface area (TPSA) is 32.5 Å². The van der Waals surface area contributed by atoms with Gasteiger partial charge in [0.1, 0.15) is 0 Å². The summed E-state index contributed by atoms with van der Waals surface area (Å²) in [5, 5.41) is 0.832. The number of anilines is 1. The number of nitrogens with zero attached hydrogens (tertiary/aromatic N) is 2. The molecule has 0 aliphatic carbocycles. The summed E-state index contributed by atoms with van der Waals surface area (Å²) in [5.74, 6) is 0. The van der Waals surface area contributed by atoms with Gasteiger partial charge in [-0.1, -0.05) is 17.7 Å². The number of piperazine rings is 1. The molecule has 0 saturated carbocycles. The van der Waals surface area contributed by atoms with Crippen LogP contribution in [0.4, 0.5) is 5.69 Å². The van der Waals surface area contributed by atoms with Crippen molar-refractivity contribution < 1.29 is 0 Å². The molecule has 3 nitrogen and oxygen atoms in total. The van der Waals surface area contributed by atoms with E-state index in [-0.39, 0.29) is 6.04 Å². The summed E-state index contributed by atoms with van der Waals surface area (Å²) in [5.41, 5.74) is 8.21. The molecule has 0 radical (unpaired) electrons. The maximum Gasteiger partial charge on any atom is 0.0459 e. The van der Waals surface area contributed by atoms with Gasteiger partial charge in [0.25, 0.3) is 0 Å². The lowest BCUT2D eigenvalue weighted by atomic mass is 10.0. The quantitative estimate of drug-likeness (QED) is 0.931. The number of nitrogens with two attached hydrogens (primary N) is 1. The van der Waals surface area contributed by atoms with Gasteiger partial charge in [-0.25, -0.2) is 0 Å². The van der Waals surface area contributed by atoms with E-state index in [4.69, 9.17) is 17.3 Å². The van der Waals surface area contributed by atoms with Crippen LogP contribution in [0.2, 0.25) is 5.02 Å². The van der Waals surface area contributed by atoms with E-state index >= 15 is 0 Å². The standard InChI is InChI=1S/C16H26ClN3/c1-11(18)7-14-5-6-15(8-16(14)17)20-9-12(2)19(4)13(3)10-20/h5-6,8,11-13H,7,9-10,18H2,1-4H3. The monoisotopic (exact) mass is 295 g/mol. The summed E-state index contributed by atoms with van der Waals surface area (Å²) in [4.78, 5) is 4.86. The zero-order chi connectivity index (χ0) is 14.9. The minimum atomic E-state index is 0.141. The Balaban J connectivity index is 2.15. The predicted octanol–water partition coefficient (Wildman–Crippen LogP) is 2.76. The van der Waals surface area contributed by atoms with Crippen molar-refractivity contribution in [3.8, 4) is 0 Å². The molecule has 0 bridgehead atoms. The van der Waals surface area contributed by atoms with E-state index in [0.717, 1.165) is 30.1 Å². The highest BCUT2D eigenvalue weighted by Crippen LogP contribution is 2.27. The predicted molar refractivity (Wildman–Crippen MR) is 87.7 cm³/mol. The number of hydrogen-bond donors (Lipinski definition) is 1. The first-order valence-corrected chi connectivity index (χ1v) is 7.77. The maximum absolute atomic E-state index is 6.40. The first-order valence-electron chi connectivity index (χ1n) is 7.39. The molecular formula is C16H26ClN3. The highest BCUT2D eigenvalue weighted by molar-refractivity contribution is 6.31. The molecule has 3 unspecified atom stereocenters. The molecule has 0 amide bonds. The number of halogens is 1. The van der Waals surface area contributed by atoms with Gasteiger partial charge in [0.05, 0.1) is 0 Å². The third-order valence-electron chi connectivity index (χ3n) is 4.30. The highest BCUT2D eigenvalue weighted by atomic mass is 35.5. The fraction of sp³-hybridized carbons (Fsp3) is 0.625. The summed E-state index contributed by atoms with van der Waals surface area (Å²) in [6.45, 7) is 8.64. The maximum atomic E-state index is 6.40. The Morgan fingerprint density at radius 3 is 2.40 bits per heavy atom. The Kier molecular flexibility index (Phi) is 4.95. The van der Waals surface area contributed by atoms with E-state index in [1.54, 1.807) is 0 Å². The first-order chi connectivity index (χ1) is 9.38. The Bertz CT molecular complexity index is 449. The number of rotatable bonds is 3. The van der Waals surface area contributed by atoms with Crippen molar-refractivity contribution in [2.75, 3.05) is 25.0 Å². The van der Waals surface area contributed by atoms with E-state index in [2.05, 4.69) is 48.9 Å². The molecule has 1 fully saturated rings. The molecule has 4 heteroatoms. The average Bonchev–Trinajstić information content (AvgIpc) is 2.37. The van der Waals surface area contributed by atoms with Crippen LogP contribution in [-0.2, 0) is 6.42 Å². The molecule has 1 aliphatic rings. The van der Waals surface area contributed by atoms with Crippen molar-refractivity contribution in [2.24, 2.45) is 5.73 Å². The summed E-state index contributed by atoms with van der Waals surface area (Å²) >= 11 is 6.40. The second-order valence-electron chi connectivity index (χ2n) is 6.23. The van der Waals surface area contributed by atoms with Crippen LogP contribution in [-0.4, -0.2) is 43.2 Å². The van der Waals surface area contributed by atoms with Crippen molar-refractivity contribution in [1.82, 2.24) is 4.90 Å². The van der Waals surface area contributed by atoms with Crippen LogP contribution in [0.5, 0.6) is 0 Å². The second kappa shape index (κ2) is 6.33. The SMILES string of the molecule is CC(N)Cc1ccc(N2CC(C)N(C)C(C)C2)cc1Cl. The smallest absolute Gasteiger partial charge is 0.0459 e. The molecule has 1 aromatic carbocycles. The van der Waals surface area contributed by atoms with Gasteiger partial charge in [-0.2, -0.15) is 0 Å². The lowest BCUT2D eigenvalue weighted by Crippen LogP contribution is -2.55. The van der Waals surface area contributed by atoms with Crippen LogP contribution in [0.1, 0.15) is 26.3 Å². The van der Waals surface area contributed by atoms with Crippen LogP contribution in [0.15, 0.2) is 18.2 Å². The minimum Gasteiger partial charge on any atom is -0.368 e. The summed E-state index contributed by atoms with van der Waals surface area (Å²) in [7, 11) is 2.20. The fourth-order valence-corrected chi connectivity index (χ4v) is 3.11. The minimum absolute atomic E-state index is 0.141. The number of likely N-dealkylation sites (N-methyl/N-ethyl adjacent to an activating group) is 1. The van der Waals surface area contributed by atoms with Crippen molar-refractivity contribution >= 4 is 17.3 Å². The third kappa shape index (κ3) is 3.46. The molecule has 2 N–H and O–H groups in total. The number of hydrogen-bond acceptors (Lipinski definition) is 3. The molecule has 1 aromatic rings. The van der Waals surface area contributed by atoms with Gasteiger partial charge in [0.15, 0.2) is 0 Å². The molecule has 3 atom stereocenters. The van der Waals surface area contributed by atoms with Crippen molar-refractivity contribution in [1.29, 1.82) is 0 Å². The van der Waals surface area contributed by atoms with Crippen LogP contribution in [0.25, 0.3) is 0 Å². The highest BCUT2D eigenvalue weighted by Gasteiger charge is 2.26. The van der Waals surface area contributed by atoms with E-state index in [1.807, 2.05) is 6.92 Å². The molecule has 0 aromatic heterocycles. The molecule has 112 valence electrons. The van der Waals surface area contributed by atoms with Gasteiger partial charge in [-0.15, -0.1) is 0 Å². The van der Waals surface area contributed by atoms with Gasteiger partial charge in [0, 0.05) is 41.9 Å². The molecular weight excluding hydrogens is 270 g/mol. The zero-order valence-electron chi connectivity index (χ0n) is 12.9. The summed E-state index contributed by atoms with van der Waals surface area (Å²) < 4.78 is 0. The van der Waals surface area contributed by atoms with Crippen LogP contribution >= 0.6 is 11.6 Å². The molecule has 0 spiro atoms. The number of benzene rings is 1. The Hall–Kier alpha value is -0.770. The van der Waals surface area contributed by atoms with Gasteiger partial charge >= 0.3 is 0 Å². The van der Waals surface area contributed by atoms with Gasteiger partial charge < -0.3 is 10.6 Å². The van der Waals surface area contributed by atoms with E-state index in [1.165, 1.54) is 5.69 Å². The Morgan fingerprint density at radius 1 is 1.30 bits per heavy atom. The molecule has 1 aliphatic heterocycles. The molecule has 20 heavy (non-hydrogen) atoms. The fourth-order valence-electron chi connectivity index (χ4n) is 2.86. The van der Waals surface area contributed by atoms with Gasteiger partial charge in [-0.3, -0.25) is 4.90 Å². The second-order valence-corrected chi connectivity index (χ2v) is 6.63. The lowest BCUT2D eigenvalue weighted by Gasteiger charge is -2.43. The molecule has 2 rings (SSSR count). The Labute approximate surface area is 127 Å². The van der Waals surface area contributed by atoms with Crippen LogP contribution in [0, 0.1) is 0 Å². The normalized spacial score (nSPS) is 25.8. The lowest BCUT2D eigenvalue weighted by molar-refractivity contribution is 0.170. The zero-order valence-corrected chi connectivity index (χ0v) is 13.7. The summed E-state index contributed by atoms with van der Waals surface area (Å²) in [6, 6.07) is 7.64. The average molecular weight is 296 g/mol. The van der Waals surface area contributed by atoms with Crippen molar-refractivity contribution in [3.05, 3.63) is 28.8 Å². The van der Waals surface area contributed by atoms with Crippen LogP contribution < -0.4 is 10.6 Å². The third-order valence-corrected chi connectivity index (χ3v) is 4.66. The van der Waals surface area contributed by atoms with Gasteiger partial charge in [0.2, 0.25) is 0 Å². The molecule has 1 saturated heterocycles. The summed E-state index contributed by atoms with van der Waals surface area (Å²) in [6.07, 6.45) is 0.828. The molecule has 1 heterocycles. The van der Waals surface area contributed by atoms with Crippen molar-refractivity contribution in [2.45, 2.75) is 45.3 Å².